The standard InChI is InChI=1S/C17H19F3N2O3/c1-5-25-15(23)13-10(2)21(3)16(24)22(4)14(13)11-8-6-7-9-12(11)17(18,19)20/h6-9,14H,5H2,1-4H3. The van der Waals surface area contributed by atoms with Gasteiger partial charge in [-0.3, -0.25) is 0 Å². The number of hydrogen-bond acceptors (Lipinski definition) is 3. The van der Waals surface area contributed by atoms with Crippen molar-refractivity contribution in [3.63, 3.8) is 0 Å². The Kier molecular flexibility index (Phi) is 5.10. The highest BCUT2D eigenvalue weighted by molar-refractivity contribution is 5.95. The second kappa shape index (κ2) is 6.78. The number of halogens is 3. The zero-order valence-electron chi connectivity index (χ0n) is 14.3. The molecule has 2 amide bonds. The van der Waals surface area contributed by atoms with Crippen molar-refractivity contribution in [2.75, 3.05) is 20.7 Å². The van der Waals surface area contributed by atoms with Gasteiger partial charge in [0.15, 0.2) is 0 Å². The number of allylic oxidation sites excluding steroid dienone is 1. The first-order valence-corrected chi connectivity index (χ1v) is 7.65. The molecular formula is C17H19F3N2O3. The maximum absolute atomic E-state index is 13.4. The highest BCUT2D eigenvalue weighted by Crippen LogP contribution is 2.42. The van der Waals surface area contributed by atoms with Crippen LogP contribution in [0.15, 0.2) is 35.5 Å². The zero-order chi connectivity index (χ0) is 18.9. The summed E-state index contributed by atoms with van der Waals surface area (Å²) in [5.74, 6) is -0.742. The second-order valence-corrected chi connectivity index (χ2v) is 5.66. The van der Waals surface area contributed by atoms with Gasteiger partial charge in [-0.2, -0.15) is 13.2 Å². The molecule has 5 nitrogen and oxygen atoms in total. The lowest BCUT2D eigenvalue weighted by atomic mass is 9.90. The van der Waals surface area contributed by atoms with Crippen molar-refractivity contribution in [1.29, 1.82) is 0 Å². The molecule has 0 N–H and O–H groups in total. The fourth-order valence-corrected chi connectivity index (χ4v) is 2.89. The van der Waals surface area contributed by atoms with Crippen molar-refractivity contribution in [3.8, 4) is 0 Å². The van der Waals surface area contributed by atoms with Crippen LogP contribution in [0.1, 0.15) is 31.0 Å². The van der Waals surface area contributed by atoms with E-state index >= 15 is 0 Å². The van der Waals surface area contributed by atoms with E-state index in [0.717, 1.165) is 11.0 Å². The monoisotopic (exact) mass is 356 g/mol. The van der Waals surface area contributed by atoms with Crippen LogP contribution in [-0.4, -0.2) is 42.5 Å². The Morgan fingerprint density at radius 3 is 2.40 bits per heavy atom. The van der Waals surface area contributed by atoms with Gasteiger partial charge in [0, 0.05) is 19.8 Å². The number of carbonyl (C=O) groups is 2. The van der Waals surface area contributed by atoms with Gasteiger partial charge in [-0.1, -0.05) is 18.2 Å². The van der Waals surface area contributed by atoms with Crippen molar-refractivity contribution in [1.82, 2.24) is 9.80 Å². The predicted octanol–water partition coefficient (Wildman–Crippen LogP) is 3.58. The van der Waals surface area contributed by atoms with Gasteiger partial charge in [-0.25, -0.2) is 9.59 Å². The van der Waals surface area contributed by atoms with E-state index in [9.17, 15) is 22.8 Å². The van der Waals surface area contributed by atoms with E-state index in [1.807, 2.05) is 0 Å². The number of rotatable bonds is 3. The van der Waals surface area contributed by atoms with Gasteiger partial charge in [-0.15, -0.1) is 0 Å². The molecule has 1 aromatic rings. The first kappa shape index (κ1) is 18.8. The van der Waals surface area contributed by atoms with Crippen LogP contribution >= 0.6 is 0 Å². The van der Waals surface area contributed by atoms with E-state index in [1.54, 1.807) is 6.92 Å². The average Bonchev–Trinajstić information content (AvgIpc) is 2.55. The summed E-state index contributed by atoms with van der Waals surface area (Å²) in [5, 5.41) is 0. The summed E-state index contributed by atoms with van der Waals surface area (Å²) in [4.78, 5) is 27.2. The smallest absolute Gasteiger partial charge is 0.416 e. The largest absolute Gasteiger partial charge is 0.463 e. The summed E-state index contributed by atoms with van der Waals surface area (Å²) >= 11 is 0. The van der Waals surface area contributed by atoms with E-state index in [4.69, 9.17) is 4.74 Å². The summed E-state index contributed by atoms with van der Waals surface area (Å²) in [6, 6.07) is 3.23. The molecule has 1 unspecified atom stereocenters. The third kappa shape index (κ3) is 3.33. The molecule has 25 heavy (non-hydrogen) atoms. The van der Waals surface area contributed by atoms with Crippen molar-refractivity contribution in [2.24, 2.45) is 0 Å². The number of urea groups is 1. The van der Waals surface area contributed by atoms with Crippen LogP contribution in [0.4, 0.5) is 18.0 Å². The highest BCUT2D eigenvalue weighted by Gasteiger charge is 2.43. The van der Waals surface area contributed by atoms with Crippen LogP contribution in [0.25, 0.3) is 0 Å². The van der Waals surface area contributed by atoms with E-state index in [0.29, 0.717) is 0 Å². The molecule has 0 aromatic heterocycles. The molecule has 0 saturated heterocycles. The van der Waals surface area contributed by atoms with Crippen LogP contribution < -0.4 is 0 Å². The quantitative estimate of drug-likeness (QED) is 0.778. The first-order chi connectivity index (χ1) is 11.6. The van der Waals surface area contributed by atoms with Crippen molar-refractivity contribution in [2.45, 2.75) is 26.1 Å². The van der Waals surface area contributed by atoms with Gasteiger partial charge >= 0.3 is 18.2 Å². The van der Waals surface area contributed by atoms with Gasteiger partial charge in [0.2, 0.25) is 0 Å². The molecule has 0 aliphatic carbocycles. The molecule has 1 aromatic carbocycles. The molecule has 0 radical (unpaired) electrons. The topological polar surface area (TPSA) is 49.9 Å². The molecule has 2 rings (SSSR count). The van der Waals surface area contributed by atoms with Crippen molar-refractivity contribution in [3.05, 3.63) is 46.7 Å². The van der Waals surface area contributed by atoms with Gasteiger partial charge in [0.1, 0.15) is 0 Å². The number of amides is 2. The van der Waals surface area contributed by atoms with Crippen LogP contribution in [-0.2, 0) is 15.7 Å². The van der Waals surface area contributed by atoms with Crippen LogP contribution in [0, 0.1) is 0 Å². The lowest BCUT2D eigenvalue weighted by Gasteiger charge is -2.40. The van der Waals surface area contributed by atoms with Gasteiger partial charge < -0.3 is 14.5 Å². The normalized spacial score (nSPS) is 18.7. The summed E-state index contributed by atoms with van der Waals surface area (Å²) < 4.78 is 45.3. The number of benzene rings is 1. The predicted molar refractivity (Wildman–Crippen MR) is 84.4 cm³/mol. The summed E-state index contributed by atoms with van der Waals surface area (Å²) in [6.07, 6.45) is -4.61. The maximum Gasteiger partial charge on any atom is 0.416 e. The summed E-state index contributed by atoms with van der Waals surface area (Å²) in [6.45, 7) is 3.19. The number of alkyl halides is 3. The van der Waals surface area contributed by atoms with Gasteiger partial charge in [0.05, 0.1) is 23.8 Å². The molecule has 1 aliphatic rings. The molecule has 136 valence electrons. The minimum atomic E-state index is -4.61. The second-order valence-electron chi connectivity index (χ2n) is 5.66. The summed E-state index contributed by atoms with van der Waals surface area (Å²) in [5.41, 5.74) is -0.771. The molecule has 0 saturated carbocycles. The Labute approximate surface area is 143 Å². The number of nitrogens with zero attached hydrogens (tertiary/aromatic N) is 2. The van der Waals surface area contributed by atoms with E-state index < -0.39 is 29.8 Å². The lowest BCUT2D eigenvalue weighted by molar-refractivity contribution is -0.141. The molecule has 1 atom stereocenters. The zero-order valence-corrected chi connectivity index (χ0v) is 14.3. The Morgan fingerprint density at radius 1 is 1.24 bits per heavy atom. The first-order valence-electron chi connectivity index (χ1n) is 7.65. The Bertz CT molecular complexity index is 728. The lowest BCUT2D eigenvalue weighted by Crippen LogP contribution is -2.47. The van der Waals surface area contributed by atoms with Crippen LogP contribution in [0.2, 0.25) is 0 Å². The van der Waals surface area contributed by atoms with Crippen LogP contribution in [0.5, 0.6) is 0 Å². The van der Waals surface area contributed by atoms with Gasteiger partial charge in [-0.05, 0) is 25.5 Å². The number of carbonyl (C=O) groups excluding carboxylic acids is 2. The van der Waals surface area contributed by atoms with E-state index in [-0.39, 0.29) is 23.4 Å². The number of likely N-dealkylation sites (N-methyl/N-ethyl adjacent to an activating group) is 1. The minimum absolute atomic E-state index is 0.0168. The van der Waals surface area contributed by atoms with Crippen molar-refractivity contribution >= 4 is 12.0 Å². The Balaban J connectivity index is 2.72. The fourth-order valence-electron chi connectivity index (χ4n) is 2.89. The minimum Gasteiger partial charge on any atom is -0.463 e. The van der Waals surface area contributed by atoms with Crippen LogP contribution in [0.3, 0.4) is 0 Å². The van der Waals surface area contributed by atoms with E-state index in [1.165, 1.54) is 44.1 Å². The SMILES string of the molecule is CCOC(=O)C1=C(C)N(C)C(=O)N(C)C1c1ccccc1C(F)(F)F. The van der Waals surface area contributed by atoms with Gasteiger partial charge in [0.25, 0.3) is 0 Å². The van der Waals surface area contributed by atoms with Crippen molar-refractivity contribution < 1.29 is 27.5 Å². The fraction of sp³-hybridized carbons (Fsp3) is 0.412. The Hall–Kier alpha value is -2.51. The van der Waals surface area contributed by atoms with E-state index in [2.05, 4.69) is 0 Å². The Morgan fingerprint density at radius 2 is 1.84 bits per heavy atom. The number of ether oxygens (including phenoxy) is 1. The summed E-state index contributed by atoms with van der Waals surface area (Å²) in [7, 11) is 2.82. The molecule has 0 spiro atoms. The molecule has 0 fully saturated rings. The number of esters is 1. The highest BCUT2D eigenvalue weighted by atomic mass is 19.4. The average molecular weight is 356 g/mol. The number of hydrogen-bond donors (Lipinski definition) is 0. The molecule has 8 heteroatoms. The maximum atomic E-state index is 13.4. The third-order valence-corrected chi connectivity index (χ3v) is 4.20. The third-order valence-electron chi connectivity index (χ3n) is 4.20. The molecule has 1 heterocycles. The molecule has 0 bridgehead atoms. The molecular weight excluding hydrogens is 337 g/mol. The molecule has 1 aliphatic heterocycles.